The number of piperazine rings is 1. The molecule has 0 spiro atoms. The van der Waals surface area contributed by atoms with Crippen LogP contribution < -0.4 is 4.90 Å². The average Bonchev–Trinajstić information content (AvgIpc) is 2.85. The zero-order chi connectivity index (χ0) is 25.1. The van der Waals surface area contributed by atoms with Crippen LogP contribution in [0, 0.1) is 12.7 Å². The van der Waals surface area contributed by atoms with Gasteiger partial charge in [-0.25, -0.2) is 9.37 Å². The second kappa shape index (κ2) is 11.4. The summed E-state index contributed by atoms with van der Waals surface area (Å²) in [7, 11) is 0. The summed E-state index contributed by atoms with van der Waals surface area (Å²) in [5.41, 5.74) is 2.86. The van der Waals surface area contributed by atoms with Gasteiger partial charge in [-0.15, -0.1) is 0 Å². The molecule has 2 saturated heterocycles. The Kier molecular flexibility index (Phi) is 8.46. The first-order valence-electron chi connectivity index (χ1n) is 12.9. The lowest BCUT2D eigenvalue weighted by atomic mass is 9.96. The number of piperidine rings is 1. The third-order valence-electron chi connectivity index (χ3n) is 7.92. The summed E-state index contributed by atoms with van der Waals surface area (Å²) < 4.78 is 14.2. The van der Waals surface area contributed by atoms with E-state index in [0.29, 0.717) is 23.7 Å². The fourth-order valence-corrected chi connectivity index (χ4v) is 5.76. The first kappa shape index (κ1) is 26.1. The number of nitrogens with zero attached hydrogens (tertiary/aromatic N) is 4. The Balaban J connectivity index is 1.35. The third-order valence-corrected chi connectivity index (χ3v) is 8.15. The molecule has 2 aromatic rings. The Hall–Kier alpha value is -2.02. The summed E-state index contributed by atoms with van der Waals surface area (Å²) in [6.45, 7) is 13.5. The smallest absolute Gasteiger partial charge is 0.137 e. The van der Waals surface area contributed by atoms with E-state index in [2.05, 4.69) is 34.6 Å². The number of rotatable bonds is 7. The van der Waals surface area contributed by atoms with E-state index in [-0.39, 0.29) is 17.5 Å². The number of carbonyl (C=O) groups is 1. The van der Waals surface area contributed by atoms with Crippen LogP contribution in [0.1, 0.15) is 62.6 Å². The molecule has 0 amide bonds. The first-order chi connectivity index (χ1) is 16.8. The van der Waals surface area contributed by atoms with Gasteiger partial charge in [0.2, 0.25) is 0 Å². The quantitative estimate of drug-likeness (QED) is 0.506. The van der Waals surface area contributed by atoms with Crippen molar-refractivity contribution < 1.29 is 9.18 Å². The predicted octanol–water partition coefficient (Wildman–Crippen LogP) is 5.44. The highest BCUT2D eigenvalue weighted by atomic mass is 35.5. The molecule has 1 unspecified atom stereocenters. The van der Waals surface area contributed by atoms with Crippen LogP contribution in [0.4, 0.5) is 10.2 Å². The minimum Gasteiger partial charge on any atom is -0.354 e. The maximum absolute atomic E-state index is 14.2. The fourth-order valence-electron chi connectivity index (χ4n) is 5.60. The van der Waals surface area contributed by atoms with E-state index in [4.69, 9.17) is 16.6 Å². The number of hydrogen-bond acceptors (Lipinski definition) is 5. The van der Waals surface area contributed by atoms with Crippen LogP contribution in [0.5, 0.6) is 0 Å². The van der Waals surface area contributed by atoms with E-state index in [0.717, 1.165) is 74.5 Å². The van der Waals surface area contributed by atoms with Gasteiger partial charge in [0.1, 0.15) is 17.4 Å². The number of ketones is 1. The first-order valence-corrected chi connectivity index (χ1v) is 13.3. The molecular formula is C28H38ClFN4O. The number of hydrogen-bond donors (Lipinski definition) is 0. The summed E-state index contributed by atoms with van der Waals surface area (Å²) >= 11 is 5.90. The number of Topliss-reactive ketones (excluding diaryl/α,β-unsaturated/α-hetero) is 1. The zero-order valence-electron chi connectivity index (χ0n) is 21.4. The molecule has 7 heteroatoms. The van der Waals surface area contributed by atoms with Gasteiger partial charge < -0.3 is 4.90 Å². The van der Waals surface area contributed by atoms with Crippen LogP contribution in [0.25, 0.3) is 0 Å². The Morgan fingerprint density at radius 3 is 2.57 bits per heavy atom. The number of halogens is 2. The van der Waals surface area contributed by atoms with Crippen molar-refractivity contribution in [3.63, 3.8) is 0 Å². The topological polar surface area (TPSA) is 39.7 Å². The van der Waals surface area contributed by atoms with Crippen LogP contribution in [-0.4, -0.2) is 65.4 Å². The molecule has 2 aliphatic heterocycles. The maximum Gasteiger partial charge on any atom is 0.137 e. The number of pyridine rings is 1. The number of anilines is 1. The van der Waals surface area contributed by atoms with Crippen molar-refractivity contribution in [1.82, 2.24) is 14.8 Å². The Morgan fingerprint density at radius 1 is 1.20 bits per heavy atom. The van der Waals surface area contributed by atoms with Gasteiger partial charge >= 0.3 is 0 Å². The van der Waals surface area contributed by atoms with Crippen molar-refractivity contribution in [1.29, 1.82) is 0 Å². The van der Waals surface area contributed by atoms with Crippen LogP contribution in [-0.2, 0) is 11.3 Å². The van der Waals surface area contributed by atoms with Crippen LogP contribution in [0.2, 0.25) is 5.02 Å². The highest BCUT2D eigenvalue weighted by Gasteiger charge is 2.34. The Labute approximate surface area is 214 Å². The molecule has 2 aliphatic rings. The van der Waals surface area contributed by atoms with Gasteiger partial charge in [0, 0.05) is 61.0 Å². The second-order valence-corrected chi connectivity index (χ2v) is 10.7. The van der Waals surface area contributed by atoms with Gasteiger partial charge in [-0.05, 0) is 69.5 Å². The minimum absolute atomic E-state index is 0.113. The van der Waals surface area contributed by atoms with Crippen LogP contribution in [0.15, 0.2) is 30.5 Å². The maximum atomic E-state index is 14.2. The van der Waals surface area contributed by atoms with E-state index in [9.17, 15) is 9.18 Å². The second-order valence-electron chi connectivity index (χ2n) is 10.2. The van der Waals surface area contributed by atoms with E-state index < -0.39 is 0 Å². The molecule has 190 valence electrons. The van der Waals surface area contributed by atoms with E-state index in [1.165, 1.54) is 6.07 Å². The van der Waals surface area contributed by atoms with E-state index >= 15 is 0 Å². The van der Waals surface area contributed by atoms with Gasteiger partial charge in [0.15, 0.2) is 0 Å². The minimum atomic E-state index is -0.213. The van der Waals surface area contributed by atoms with Crippen molar-refractivity contribution in [2.45, 2.75) is 71.5 Å². The predicted molar refractivity (Wildman–Crippen MR) is 141 cm³/mol. The number of benzene rings is 1. The fraction of sp³-hybridized carbons (Fsp3) is 0.571. The van der Waals surface area contributed by atoms with Crippen molar-refractivity contribution in [3.05, 3.63) is 58.0 Å². The van der Waals surface area contributed by atoms with Crippen molar-refractivity contribution in [2.24, 2.45) is 0 Å². The highest BCUT2D eigenvalue weighted by Crippen LogP contribution is 2.29. The van der Waals surface area contributed by atoms with Crippen molar-refractivity contribution >= 4 is 23.2 Å². The molecule has 35 heavy (non-hydrogen) atoms. The number of likely N-dealkylation sites (tertiary alicyclic amines) is 1. The molecule has 5 nitrogen and oxygen atoms in total. The lowest BCUT2D eigenvalue weighted by Gasteiger charge is -2.48. The molecule has 1 aromatic carbocycles. The number of aromatic nitrogens is 1. The van der Waals surface area contributed by atoms with E-state index in [1.54, 1.807) is 19.1 Å². The van der Waals surface area contributed by atoms with E-state index in [1.807, 2.05) is 13.1 Å². The molecule has 4 rings (SSSR count). The summed E-state index contributed by atoms with van der Waals surface area (Å²) in [6.07, 6.45) is 5.20. The lowest BCUT2D eigenvalue weighted by Crippen LogP contribution is -2.58. The largest absolute Gasteiger partial charge is 0.354 e. The van der Waals surface area contributed by atoms with Crippen molar-refractivity contribution in [3.8, 4) is 0 Å². The normalized spacial score (nSPS) is 21.3. The molecule has 0 radical (unpaired) electrons. The van der Waals surface area contributed by atoms with Crippen molar-refractivity contribution in [2.75, 3.05) is 37.6 Å². The monoisotopic (exact) mass is 500 g/mol. The molecule has 1 aromatic heterocycles. The Morgan fingerprint density at radius 2 is 1.94 bits per heavy atom. The highest BCUT2D eigenvalue weighted by molar-refractivity contribution is 6.30. The van der Waals surface area contributed by atoms with Gasteiger partial charge in [-0.1, -0.05) is 37.6 Å². The summed E-state index contributed by atoms with van der Waals surface area (Å²) in [4.78, 5) is 24.0. The third kappa shape index (κ3) is 6.04. The van der Waals surface area contributed by atoms with Gasteiger partial charge in [-0.2, -0.15) is 0 Å². The lowest BCUT2D eigenvalue weighted by molar-refractivity contribution is -0.118. The molecule has 2 fully saturated rings. The molecule has 3 heterocycles. The molecule has 0 saturated carbocycles. The summed E-state index contributed by atoms with van der Waals surface area (Å²) in [5.74, 6) is 0.886. The Bertz CT molecular complexity index is 1040. The SMILES string of the molecule is CCC1CN(c2ncc([C@H](C)C(C)=O)cc2C)CCN1C1CCN(Cc2ccc(Cl)cc2F)CC1. The molecule has 2 atom stereocenters. The number of carbonyl (C=O) groups excluding carboxylic acids is 1. The molecular weight excluding hydrogens is 463 g/mol. The zero-order valence-corrected chi connectivity index (χ0v) is 22.2. The molecule has 0 aliphatic carbocycles. The number of aryl methyl sites for hydroxylation is 1. The van der Waals surface area contributed by atoms with Crippen LogP contribution >= 0.6 is 11.6 Å². The summed E-state index contributed by atoms with van der Waals surface area (Å²) in [6, 6.07) is 8.17. The van der Waals surface area contributed by atoms with Crippen LogP contribution in [0.3, 0.4) is 0 Å². The van der Waals surface area contributed by atoms with Gasteiger partial charge in [0.05, 0.1) is 0 Å². The summed E-state index contributed by atoms with van der Waals surface area (Å²) in [5, 5.41) is 0.446. The van der Waals surface area contributed by atoms with Gasteiger partial charge in [-0.3, -0.25) is 14.6 Å². The standard InChI is InChI=1S/C28H38ClFN4O/c1-5-25-18-33(28-19(2)14-23(16-31-28)20(3)21(4)35)12-13-34(25)26-8-10-32(11-9-26)17-22-6-7-24(29)15-27(22)30/h6-7,14-16,20,25-26H,5,8-13,17-18H2,1-4H3/t20-,25?/m1/s1. The average molecular weight is 501 g/mol. The molecule has 0 bridgehead atoms. The molecule has 0 N–H and O–H groups in total. The van der Waals surface area contributed by atoms with Gasteiger partial charge in [0.25, 0.3) is 0 Å².